The van der Waals surface area contributed by atoms with Crippen LogP contribution in [0.5, 0.6) is 17.2 Å². The Bertz CT molecular complexity index is 1020. The molecule has 1 aromatic heterocycles. The smallest absolute Gasteiger partial charge is 0.497 e. The normalized spacial score (nSPS) is 11.1. The minimum Gasteiger partial charge on any atom is -0.497 e. The van der Waals surface area contributed by atoms with Crippen molar-refractivity contribution in [1.29, 1.82) is 0 Å². The van der Waals surface area contributed by atoms with Crippen LogP contribution < -0.4 is 14.2 Å². The zero-order valence-corrected chi connectivity index (χ0v) is 15.7. The van der Waals surface area contributed by atoms with Gasteiger partial charge < -0.3 is 23.5 Å². The van der Waals surface area contributed by atoms with E-state index in [4.69, 9.17) is 18.7 Å². The molecule has 0 bridgehead atoms. The molecule has 0 aliphatic heterocycles. The summed E-state index contributed by atoms with van der Waals surface area (Å²) in [6.07, 6.45) is -4.78. The van der Waals surface area contributed by atoms with Gasteiger partial charge in [0.25, 0.3) is 5.89 Å². The number of alkyl halides is 3. The van der Waals surface area contributed by atoms with Crippen LogP contribution in [0, 0.1) is 0 Å². The number of aromatic nitrogens is 2. The Labute approximate surface area is 168 Å². The molecular formula is C19H15F3N2O6. The quantitative estimate of drug-likeness (QED) is 0.526. The van der Waals surface area contributed by atoms with Crippen molar-refractivity contribution in [3.8, 4) is 28.6 Å². The molecule has 158 valence electrons. The lowest BCUT2D eigenvalue weighted by Crippen LogP contribution is -2.16. The topological polar surface area (TPSA) is 92.9 Å². The van der Waals surface area contributed by atoms with Gasteiger partial charge in [-0.05, 0) is 36.4 Å². The molecule has 3 aromatic rings. The van der Waals surface area contributed by atoms with E-state index in [2.05, 4.69) is 14.9 Å². The Morgan fingerprint density at radius 1 is 1.03 bits per heavy atom. The molecule has 0 saturated carbocycles. The zero-order chi connectivity index (χ0) is 21.7. The number of rotatable bonds is 7. The van der Waals surface area contributed by atoms with Gasteiger partial charge in [-0.1, -0.05) is 5.16 Å². The molecule has 11 heteroatoms. The maximum absolute atomic E-state index is 12.3. The maximum Gasteiger partial charge on any atom is 0.573 e. The van der Waals surface area contributed by atoms with E-state index in [1.54, 1.807) is 6.07 Å². The molecular weight excluding hydrogens is 409 g/mol. The SMILES string of the molecule is COc1ccc(C(=O)OCc2nc(-c3ccc(OC(F)(F)F)cc3)no2)c(OC)c1. The van der Waals surface area contributed by atoms with E-state index in [1.807, 2.05) is 0 Å². The van der Waals surface area contributed by atoms with E-state index in [0.29, 0.717) is 11.3 Å². The molecule has 0 N–H and O–H groups in total. The zero-order valence-electron chi connectivity index (χ0n) is 15.7. The van der Waals surface area contributed by atoms with Crippen LogP contribution >= 0.6 is 0 Å². The van der Waals surface area contributed by atoms with Crippen LogP contribution in [0.15, 0.2) is 47.0 Å². The van der Waals surface area contributed by atoms with Gasteiger partial charge in [-0.2, -0.15) is 4.98 Å². The van der Waals surface area contributed by atoms with Gasteiger partial charge in [-0.15, -0.1) is 13.2 Å². The third kappa shape index (κ3) is 5.19. The lowest BCUT2D eigenvalue weighted by Gasteiger charge is -2.09. The van der Waals surface area contributed by atoms with Crippen LogP contribution in [0.1, 0.15) is 16.2 Å². The fourth-order valence-corrected chi connectivity index (χ4v) is 2.41. The second-order valence-electron chi connectivity index (χ2n) is 5.73. The Kier molecular flexibility index (Phi) is 6.09. The lowest BCUT2D eigenvalue weighted by atomic mass is 10.2. The first-order valence-electron chi connectivity index (χ1n) is 8.37. The third-order valence-electron chi connectivity index (χ3n) is 3.77. The van der Waals surface area contributed by atoms with Gasteiger partial charge in [0.15, 0.2) is 6.61 Å². The maximum atomic E-state index is 12.3. The van der Waals surface area contributed by atoms with Gasteiger partial charge in [0.1, 0.15) is 22.8 Å². The van der Waals surface area contributed by atoms with Crippen molar-refractivity contribution in [3.05, 3.63) is 53.9 Å². The number of esters is 1. The summed E-state index contributed by atoms with van der Waals surface area (Å²) >= 11 is 0. The first-order valence-corrected chi connectivity index (χ1v) is 8.37. The monoisotopic (exact) mass is 424 g/mol. The van der Waals surface area contributed by atoms with Crippen molar-refractivity contribution in [2.45, 2.75) is 13.0 Å². The Balaban J connectivity index is 1.64. The van der Waals surface area contributed by atoms with Gasteiger partial charge in [0.05, 0.1) is 14.2 Å². The third-order valence-corrected chi connectivity index (χ3v) is 3.77. The van der Waals surface area contributed by atoms with E-state index in [0.717, 1.165) is 12.1 Å². The van der Waals surface area contributed by atoms with Gasteiger partial charge in [0.2, 0.25) is 5.82 Å². The van der Waals surface area contributed by atoms with Crippen LogP contribution in [0.3, 0.4) is 0 Å². The molecule has 0 spiro atoms. The second kappa shape index (κ2) is 8.72. The number of carbonyl (C=O) groups excluding carboxylic acids is 1. The summed E-state index contributed by atoms with van der Waals surface area (Å²) in [6, 6.07) is 9.52. The van der Waals surface area contributed by atoms with Crippen molar-refractivity contribution in [1.82, 2.24) is 10.1 Å². The predicted molar refractivity (Wildman–Crippen MR) is 95.1 cm³/mol. The van der Waals surface area contributed by atoms with Crippen LogP contribution in [-0.4, -0.2) is 36.7 Å². The standard InChI is InChI=1S/C19H15F3N2O6/c1-26-13-7-8-14(15(9-13)27-2)18(25)28-10-16-23-17(24-30-16)11-3-5-12(6-4-11)29-19(20,21)22/h3-9H,10H2,1-2H3. The average molecular weight is 424 g/mol. The minimum absolute atomic E-state index is 0.00134. The van der Waals surface area contributed by atoms with Crippen LogP contribution in [0.4, 0.5) is 13.2 Å². The molecule has 0 fully saturated rings. The lowest BCUT2D eigenvalue weighted by molar-refractivity contribution is -0.274. The van der Waals surface area contributed by atoms with E-state index in [9.17, 15) is 18.0 Å². The number of methoxy groups -OCH3 is 2. The summed E-state index contributed by atoms with van der Waals surface area (Å²) in [4.78, 5) is 16.3. The fourth-order valence-electron chi connectivity index (χ4n) is 2.41. The van der Waals surface area contributed by atoms with Gasteiger partial charge in [0, 0.05) is 11.6 Å². The molecule has 0 unspecified atom stereocenters. The number of carbonyl (C=O) groups is 1. The summed E-state index contributed by atoms with van der Waals surface area (Å²) < 4.78 is 60.8. The number of hydrogen-bond acceptors (Lipinski definition) is 8. The Morgan fingerprint density at radius 2 is 1.73 bits per heavy atom. The molecule has 3 rings (SSSR count). The van der Waals surface area contributed by atoms with Crippen molar-refractivity contribution < 1.29 is 41.4 Å². The molecule has 0 aliphatic rings. The first kappa shape index (κ1) is 21.0. The number of halogens is 3. The Morgan fingerprint density at radius 3 is 2.37 bits per heavy atom. The van der Waals surface area contributed by atoms with Gasteiger partial charge >= 0.3 is 12.3 Å². The highest BCUT2D eigenvalue weighted by atomic mass is 19.4. The van der Waals surface area contributed by atoms with E-state index >= 15 is 0 Å². The molecule has 0 radical (unpaired) electrons. The number of benzene rings is 2. The number of hydrogen-bond donors (Lipinski definition) is 0. The van der Waals surface area contributed by atoms with Crippen LogP contribution in [0.2, 0.25) is 0 Å². The molecule has 2 aromatic carbocycles. The van der Waals surface area contributed by atoms with E-state index in [1.165, 1.54) is 38.5 Å². The van der Waals surface area contributed by atoms with Crippen molar-refractivity contribution >= 4 is 5.97 Å². The minimum atomic E-state index is -4.78. The molecule has 8 nitrogen and oxygen atoms in total. The van der Waals surface area contributed by atoms with Gasteiger partial charge in [-0.25, -0.2) is 4.79 Å². The van der Waals surface area contributed by atoms with E-state index < -0.39 is 12.3 Å². The highest BCUT2D eigenvalue weighted by Crippen LogP contribution is 2.27. The summed E-state index contributed by atoms with van der Waals surface area (Å²) in [5, 5.41) is 3.72. The number of ether oxygens (including phenoxy) is 4. The summed E-state index contributed by atoms with van der Waals surface area (Å²) in [5.74, 6) is -0.161. The molecule has 0 aliphatic carbocycles. The summed E-state index contributed by atoms with van der Waals surface area (Å²) in [7, 11) is 2.89. The predicted octanol–water partition coefficient (Wildman–Crippen LogP) is 4.01. The summed E-state index contributed by atoms with van der Waals surface area (Å²) in [5.41, 5.74) is 0.570. The highest BCUT2D eigenvalue weighted by Gasteiger charge is 2.31. The van der Waals surface area contributed by atoms with Gasteiger partial charge in [-0.3, -0.25) is 0 Å². The molecule has 30 heavy (non-hydrogen) atoms. The molecule has 0 amide bonds. The first-order chi connectivity index (χ1) is 14.3. The van der Waals surface area contributed by atoms with Crippen LogP contribution in [-0.2, 0) is 11.3 Å². The second-order valence-corrected chi connectivity index (χ2v) is 5.73. The molecule has 0 atom stereocenters. The Hall–Kier alpha value is -3.76. The van der Waals surface area contributed by atoms with E-state index in [-0.39, 0.29) is 35.4 Å². The highest BCUT2D eigenvalue weighted by molar-refractivity contribution is 5.92. The number of nitrogens with zero attached hydrogens (tertiary/aromatic N) is 2. The molecule has 0 saturated heterocycles. The van der Waals surface area contributed by atoms with Crippen molar-refractivity contribution in [2.75, 3.05) is 14.2 Å². The molecule has 1 heterocycles. The fraction of sp³-hybridized carbons (Fsp3) is 0.211. The average Bonchev–Trinajstić information content (AvgIpc) is 3.20. The van der Waals surface area contributed by atoms with Crippen molar-refractivity contribution in [2.24, 2.45) is 0 Å². The summed E-state index contributed by atoms with van der Waals surface area (Å²) in [6.45, 7) is -0.309. The van der Waals surface area contributed by atoms with Crippen LogP contribution in [0.25, 0.3) is 11.4 Å². The largest absolute Gasteiger partial charge is 0.573 e. The van der Waals surface area contributed by atoms with Crippen molar-refractivity contribution in [3.63, 3.8) is 0 Å².